The smallest absolute Gasteiger partial charge is 0.272 e. The summed E-state index contributed by atoms with van der Waals surface area (Å²) in [5.41, 5.74) is 1.52. The Hall–Kier alpha value is -1.65. The Labute approximate surface area is 133 Å². The molecule has 0 fully saturated rings. The van der Waals surface area contributed by atoms with Gasteiger partial charge in [0.25, 0.3) is 11.8 Å². The highest BCUT2D eigenvalue weighted by atomic mass is 35.5. The zero-order valence-corrected chi connectivity index (χ0v) is 13.2. The van der Waals surface area contributed by atoms with E-state index in [0.29, 0.717) is 12.1 Å². The lowest BCUT2D eigenvalue weighted by Gasteiger charge is -2.14. The van der Waals surface area contributed by atoms with E-state index in [-0.39, 0.29) is 21.5 Å². The monoisotopic (exact) mass is 324 g/mol. The third kappa shape index (κ3) is 3.01. The molecule has 1 aromatic carbocycles. The lowest BCUT2D eigenvalue weighted by atomic mass is 9.97. The highest BCUT2D eigenvalue weighted by Crippen LogP contribution is 2.29. The van der Waals surface area contributed by atoms with Crippen LogP contribution >= 0.6 is 23.2 Å². The topological polar surface area (TPSA) is 49.7 Å². The second-order valence-electron chi connectivity index (χ2n) is 5.01. The zero-order valence-electron chi connectivity index (χ0n) is 11.7. The van der Waals surface area contributed by atoms with Gasteiger partial charge < -0.3 is 0 Å². The van der Waals surface area contributed by atoms with Crippen LogP contribution in [0.4, 0.5) is 0 Å². The standard InChI is InChI=1S/C15H14Cl2N2O2/c1-8(2)7-10-9(3)18-19(14(10)20)15(21)13-11(16)5-4-6-12(13)17/h4-6,10H,1,7H2,2-3H3/t10-/m1/s1. The number of nitrogens with zero attached hydrogens (tertiary/aromatic N) is 2. The van der Waals surface area contributed by atoms with Gasteiger partial charge in [0.1, 0.15) is 0 Å². The summed E-state index contributed by atoms with van der Waals surface area (Å²) in [6, 6.07) is 4.72. The molecular weight excluding hydrogens is 311 g/mol. The molecule has 21 heavy (non-hydrogen) atoms. The molecule has 0 unspecified atom stereocenters. The number of halogens is 2. The number of hydrazone groups is 1. The maximum atomic E-state index is 12.5. The first-order valence-electron chi connectivity index (χ1n) is 6.34. The van der Waals surface area contributed by atoms with Crippen molar-refractivity contribution in [2.24, 2.45) is 11.0 Å². The Morgan fingerprint density at radius 3 is 2.48 bits per heavy atom. The molecule has 0 bridgehead atoms. The number of rotatable bonds is 3. The molecule has 0 aromatic heterocycles. The second kappa shape index (κ2) is 6.00. The van der Waals surface area contributed by atoms with E-state index in [1.807, 2.05) is 6.92 Å². The highest BCUT2D eigenvalue weighted by Gasteiger charge is 2.38. The van der Waals surface area contributed by atoms with Crippen LogP contribution < -0.4 is 0 Å². The molecule has 110 valence electrons. The summed E-state index contributed by atoms with van der Waals surface area (Å²) in [6.45, 7) is 7.34. The molecule has 0 radical (unpaired) electrons. The highest BCUT2D eigenvalue weighted by molar-refractivity contribution is 6.40. The van der Waals surface area contributed by atoms with Gasteiger partial charge in [0.05, 0.1) is 21.5 Å². The van der Waals surface area contributed by atoms with E-state index in [2.05, 4.69) is 11.7 Å². The molecular formula is C15H14Cl2N2O2. The largest absolute Gasteiger partial charge is 0.284 e. The molecule has 0 N–H and O–H groups in total. The van der Waals surface area contributed by atoms with Gasteiger partial charge in [-0.05, 0) is 32.4 Å². The molecule has 2 amide bonds. The van der Waals surface area contributed by atoms with E-state index in [9.17, 15) is 9.59 Å². The molecule has 1 aliphatic heterocycles. The predicted octanol–water partition coefficient (Wildman–Crippen LogP) is 3.93. The molecule has 2 rings (SSSR count). The fraction of sp³-hybridized carbons (Fsp3) is 0.267. The molecule has 1 atom stereocenters. The SMILES string of the molecule is C=C(C)C[C@H]1C(=O)N(C(=O)c2c(Cl)cccc2Cl)N=C1C. The molecule has 4 nitrogen and oxygen atoms in total. The van der Waals surface area contributed by atoms with Gasteiger partial charge in [0.15, 0.2) is 0 Å². The zero-order chi connectivity index (χ0) is 15.7. The second-order valence-corrected chi connectivity index (χ2v) is 5.82. The number of carbonyl (C=O) groups is 2. The maximum Gasteiger partial charge on any atom is 0.284 e. The van der Waals surface area contributed by atoms with E-state index in [4.69, 9.17) is 23.2 Å². The van der Waals surface area contributed by atoms with Crippen molar-refractivity contribution in [1.29, 1.82) is 0 Å². The number of hydrogen-bond acceptors (Lipinski definition) is 3. The van der Waals surface area contributed by atoms with Crippen LogP contribution in [0.5, 0.6) is 0 Å². The quantitative estimate of drug-likeness (QED) is 0.624. The first-order chi connectivity index (χ1) is 9.82. The number of imide groups is 1. The number of benzene rings is 1. The van der Waals surface area contributed by atoms with Crippen LogP contribution in [0, 0.1) is 5.92 Å². The van der Waals surface area contributed by atoms with Crippen molar-refractivity contribution in [3.05, 3.63) is 46.0 Å². The van der Waals surface area contributed by atoms with E-state index < -0.39 is 11.8 Å². The normalized spacial score (nSPS) is 17.9. The van der Waals surface area contributed by atoms with Crippen molar-refractivity contribution >= 4 is 40.7 Å². The van der Waals surface area contributed by atoms with Gasteiger partial charge in [0, 0.05) is 5.71 Å². The maximum absolute atomic E-state index is 12.5. The van der Waals surface area contributed by atoms with Gasteiger partial charge in [-0.1, -0.05) is 34.8 Å². The Morgan fingerprint density at radius 2 is 1.95 bits per heavy atom. The van der Waals surface area contributed by atoms with E-state index in [1.54, 1.807) is 25.1 Å². The first-order valence-corrected chi connectivity index (χ1v) is 7.10. The van der Waals surface area contributed by atoms with Crippen LogP contribution in [0.25, 0.3) is 0 Å². The summed E-state index contributed by atoms with van der Waals surface area (Å²) >= 11 is 12.0. The molecule has 0 aliphatic carbocycles. The molecule has 0 spiro atoms. The van der Waals surface area contributed by atoms with Crippen molar-refractivity contribution in [2.75, 3.05) is 0 Å². The lowest BCUT2D eigenvalue weighted by Crippen LogP contribution is -2.33. The lowest BCUT2D eigenvalue weighted by molar-refractivity contribution is -0.129. The Kier molecular flexibility index (Phi) is 4.49. The first kappa shape index (κ1) is 15.7. The molecule has 1 heterocycles. The molecule has 0 saturated carbocycles. The fourth-order valence-corrected chi connectivity index (χ4v) is 2.70. The Morgan fingerprint density at radius 1 is 1.38 bits per heavy atom. The summed E-state index contributed by atoms with van der Waals surface area (Å²) in [4.78, 5) is 24.8. The minimum absolute atomic E-state index is 0.0849. The van der Waals surface area contributed by atoms with Crippen LogP contribution in [0.1, 0.15) is 30.6 Å². The number of amides is 2. The van der Waals surface area contributed by atoms with Crippen LogP contribution in [0.15, 0.2) is 35.5 Å². The van der Waals surface area contributed by atoms with Gasteiger partial charge >= 0.3 is 0 Å². The number of carbonyl (C=O) groups excluding carboxylic acids is 2. The van der Waals surface area contributed by atoms with Crippen molar-refractivity contribution < 1.29 is 9.59 Å². The summed E-state index contributed by atoms with van der Waals surface area (Å²) in [7, 11) is 0. The average Bonchev–Trinajstić information content (AvgIpc) is 2.66. The third-order valence-electron chi connectivity index (χ3n) is 3.19. The number of allylic oxidation sites excluding steroid dienone is 1. The summed E-state index contributed by atoms with van der Waals surface area (Å²) in [5.74, 6) is -1.44. The van der Waals surface area contributed by atoms with Crippen molar-refractivity contribution in [1.82, 2.24) is 5.01 Å². The van der Waals surface area contributed by atoms with E-state index >= 15 is 0 Å². The average molecular weight is 325 g/mol. The van der Waals surface area contributed by atoms with Gasteiger partial charge in [-0.25, -0.2) is 0 Å². The summed E-state index contributed by atoms with van der Waals surface area (Å²) < 4.78 is 0. The van der Waals surface area contributed by atoms with Gasteiger partial charge in [-0.2, -0.15) is 10.1 Å². The molecule has 1 aromatic rings. The summed E-state index contributed by atoms with van der Waals surface area (Å²) in [5, 5.41) is 5.28. The molecule has 1 aliphatic rings. The van der Waals surface area contributed by atoms with Crippen molar-refractivity contribution in [2.45, 2.75) is 20.3 Å². The van der Waals surface area contributed by atoms with Crippen LogP contribution in [0.2, 0.25) is 10.0 Å². The minimum Gasteiger partial charge on any atom is -0.272 e. The van der Waals surface area contributed by atoms with Crippen molar-refractivity contribution in [3.63, 3.8) is 0 Å². The van der Waals surface area contributed by atoms with Crippen LogP contribution in [-0.4, -0.2) is 22.5 Å². The van der Waals surface area contributed by atoms with Gasteiger partial charge in [0.2, 0.25) is 0 Å². The number of hydrogen-bond donors (Lipinski definition) is 0. The van der Waals surface area contributed by atoms with Crippen LogP contribution in [-0.2, 0) is 4.79 Å². The van der Waals surface area contributed by atoms with Gasteiger partial charge in [-0.3, -0.25) is 9.59 Å². The predicted molar refractivity (Wildman–Crippen MR) is 83.7 cm³/mol. The molecule has 6 heteroatoms. The van der Waals surface area contributed by atoms with Crippen molar-refractivity contribution in [3.8, 4) is 0 Å². The fourth-order valence-electron chi connectivity index (χ4n) is 2.14. The van der Waals surface area contributed by atoms with E-state index in [1.165, 1.54) is 0 Å². The Balaban J connectivity index is 2.34. The Bertz CT molecular complexity index is 647. The van der Waals surface area contributed by atoms with E-state index in [0.717, 1.165) is 10.6 Å². The third-order valence-corrected chi connectivity index (χ3v) is 3.82. The van der Waals surface area contributed by atoms with Gasteiger partial charge in [-0.15, -0.1) is 6.58 Å². The van der Waals surface area contributed by atoms with Crippen LogP contribution in [0.3, 0.4) is 0 Å². The minimum atomic E-state index is -0.612. The summed E-state index contributed by atoms with van der Waals surface area (Å²) in [6.07, 6.45) is 0.466. The molecule has 0 saturated heterocycles.